The Balaban J connectivity index is 2.68. The fourth-order valence-corrected chi connectivity index (χ4v) is 1.66. The van der Waals surface area contributed by atoms with Crippen molar-refractivity contribution in [2.75, 3.05) is 13.2 Å². The quantitative estimate of drug-likeness (QED) is 0.502. The SMILES string of the molecule is CCOC(=O)C1NC(C(=O)OCC)C(O)C1O. The molecule has 1 aliphatic heterocycles. The molecule has 0 aromatic carbocycles. The lowest BCUT2D eigenvalue weighted by Crippen LogP contribution is -2.44. The fraction of sp³-hybridized carbons (Fsp3) is 0.800. The van der Waals surface area contributed by atoms with Gasteiger partial charge in [-0.05, 0) is 13.8 Å². The smallest absolute Gasteiger partial charge is 0.325 e. The van der Waals surface area contributed by atoms with E-state index in [1.165, 1.54) is 0 Å². The van der Waals surface area contributed by atoms with E-state index in [1.54, 1.807) is 13.8 Å². The summed E-state index contributed by atoms with van der Waals surface area (Å²) in [4.78, 5) is 22.8. The zero-order valence-electron chi connectivity index (χ0n) is 9.75. The van der Waals surface area contributed by atoms with E-state index < -0.39 is 36.2 Å². The molecule has 1 aliphatic rings. The van der Waals surface area contributed by atoms with Gasteiger partial charge in [0.05, 0.1) is 13.2 Å². The van der Waals surface area contributed by atoms with Crippen LogP contribution in [0.1, 0.15) is 13.8 Å². The first kappa shape index (κ1) is 13.9. The fourth-order valence-electron chi connectivity index (χ4n) is 1.66. The summed E-state index contributed by atoms with van der Waals surface area (Å²) in [6, 6.07) is -2.22. The van der Waals surface area contributed by atoms with Gasteiger partial charge < -0.3 is 19.7 Å². The van der Waals surface area contributed by atoms with E-state index in [4.69, 9.17) is 9.47 Å². The van der Waals surface area contributed by atoms with Crippen molar-refractivity contribution >= 4 is 11.9 Å². The van der Waals surface area contributed by atoms with Gasteiger partial charge in [0.15, 0.2) is 0 Å². The molecule has 17 heavy (non-hydrogen) atoms. The van der Waals surface area contributed by atoms with Crippen molar-refractivity contribution in [3.8, 4) is 0 Å². The topological polar surface area (TPSA) is 105 Å². The van der Waals surface area contributed by atoms with Gasteiger partial charge in [-0.1, -0.05) is 0 Å². The molecule has 0 aromatic rings. The summed E-state index contributed by atoms with van der Waals surface area (Å²) in [6.45, 7) is 3.56. The van der Waals surface area contributed by atoms with E-state index in [9.17, 15) is 19.8 Å². The third kappa shape index (κ3) is 2.93. The van der Waals surface area contributed by atoms with Crippen LogP contribution < -0.4 is 5.32 Å². The molecule has 0 aromatic heterocycles. The second-order valence-electron chi connectivity index (χ2n) is 3.61. The van der Waals surface area contributed by atoms with Crippen LogP contribution in [0.2, 0.25) is 0 Å². The number of aliphatic hydroxyl groups excluding tert-OH is 2. The molecule has 1 saturated heterocycles. The number of esters is 2. The molecular formula is C10H17NO6. The normalized spacial score (nSPS) is 32.2. The monoisotopic (exact) mass is 247 g/mol. The summed E-state index contributed by atoms with van der Waals surface area (Å²) in [5.41, 5.74) is 0. The lowest BCUT2D eigenvalue weighted by Gasteiger charge is -2.13. The number of rotatable bonds is 4. The molecule has 3 N–H and O–H groups in total. The van der Waals surface area contributed by atoms with Crippen molar-refractivity contribution in [3.05, 3.63) is 0 Å². The van der Waals surface area contributed by atoms with E-state index >= 15 is 0 Å². The molecule has 7 heteroatoms. The van der Waals surface area contributed by atoms with Crippen LogP contribution in [-0.4, -0.2) is 59.7 Å². The summed E-state index contributed by atoms with van der Waals surface area (Å²) in [7, 11) is 0. The Kier molecular flexibility index (Phi) is 4.86. The van der Waals surface area contributed by atoms with E-state index in [1.807, 2.05) is 0 Å². The molecule has 0 saturated carbocycles. The Morgan fingerprint density at radius 2 is 1.35 bits per heavy atom. The first-order valence-electron chi connectivity index (χ1n) is 5.48. The van der Waals surface area contributed by atoms with Gasteiger partial charge >= 0.3 is 11.9 Å². The Labute approximate surface area is 98.7 Å². The van der Waals surface area contributed by atoms with Crippen molar-refractivity contribution in [1.29, 1.82) is 0 Å². The molecule has 1 heterocycles. The molecule has 1 rings (SSSR count). The highest BCUT2D eigenvalue weighted by Gasteiger charge is 2.49. The van der Waals surface area contributed by atoms with Gasteiger partial charge in [0.1, 0.15) is 24.3 Å². The van der Waals surface area contributed by atoms with Crippen molar-refractivity contribution < 1.29 is 29.3 Å². The Hall–Kier alpha value is -1.18. The molecule has 4 atom stereocenters. The molecule has 98 valence electrons. The van der Waals surface area contributed by atoms with Crippen LogP contribution in [0, 0.1) is 0 Å². The van der Waals surface area contributed by atoms with E-state index in [0.717, 1.165) is 0 Å². The lowest BCUT2D eigenvalue weighted by atomic mass is 10.1. The van der Waals surface area contributed by atoms with Gasteiger partial charge in [0.2, 0.25) is 0 Å². The van der Waals surface area contributed by atoms with Crippen molar-refractivity contribution in [2.24, 2.45) is 0 Å². The van der Waals surface area contributed by atoms with Gasteiger partial charge in [-0.2, -0.15) is 0 Å². The summed E-state index contributed by atoms with van der Waals surface area (Å²) < 4.78 is 9.42. The third-order valence-electron chi connectivity index (χ3n) is 2.47. The molecule has 0 bridgehead atoms. The van der Waals surface area contributed by atoms with Gasteiger partial charge in [-0.3, -0.25) is 14.9 Å². The minimum atomic E-state index is -1.39. The predicted octanol–water partition coefficient (Wildman–Crippen LogP) is -1.83. The summed E-state index contributed by atoms with van der Waals surface area (Å²) in [5.74, 6) is -1.41. The van der Waals surface area contributed by atoms with Gasteiger partial charge in [-0.25, -0.2) is 0 Å². The second-order valence-corrected chi connectivity index (χ2v) is 3.61. The Bertz CT molecular complexity index is 267. The number of aliphatic hydroxyl groups is 2. The van der Waals surface area contributed by atoms with Crippen LogP contribution in [0.5, 0.6) is 0 Å². The maximum absolute atomic E-state index is 11.4. The number of ether oxygens (including phenoxy) is 2. The Morgan fingerprint density at radius 1 is 1.00 bits per heavy atom. The van der Waals surface area contributed by atoms with E-state index in [-0.39, 0.29) is 13.2 Å². The largest absolute Gasteiger partial charge is 0.465 e. The van der Waals surface area contributed by atoms with Gasteiger partial charge in [-0.15, -0.1) is 0 Å². The van der Waals surface area contributed by atoms with Crippen LogP contribution in [0.3, 0.4) is 0 Å². The van der Waals surface area contributed by atoms with Crippen molar-refractivity contribution in [2.45, 2.75) is 38.1 Å². The first-order valence-corrected chi connectivity index (χ1v) is 5.48. The summed E-state index contributed by atoms with van der Waals surface area (Å²) >= 11 is 0. The average molecular weight is 247 g/mol. The minimum absolute atomic E-state index is 0.157. The van der Waals surface area contributed by atoms with E-state index in [0.29, 0.717) is 0 Å². The molecule has 0 amide bonds. The first-order chi connectivity index (χ1) is 8.02. The number of nitrogens with one attached hydrogen (secondary N) is 1. The van der Waals surface area contributed by atoms with E-state index in [2.05, 4.69) is 5.32 Å². The average Bonchev–Trinajstić information content (AvgIpc) is 2.57. The van der Waals surface area contributed by atoms with Gasteiger partial charge in [0, 0.05) is 0 Å². The molecule has 1 fully saturated rings. The summed E-state index contributed by atoms with van der Waals surface area (Å²) in [6.07, 6.45) is -2.77. The number of carbonyl (C=O) groups is 2. The minimum Gasteiger partial charge on any atom is -0.465 e. The lowest BCUT2D eigenvalue weighted by molar-refractivity contribution is -0.149. The number of hydrogen-bond donors (Lipinski definition) is 3. The highest BCUT2D eigenvalue weighted by Crippen LogP contribution is 2.17. The van der Waals surface area contributed by atoms with Crippen molar-refractivity contribution in [3.63, 3.8) is 0 Å². The Morgan fingerprint density at radius 3 is 1.65 bits per heavy atom. The van der Waals surface area contributed by atoms with Gasteiger partial charge in [0.25, 0.3) is 0 Å². The molecule has 0 radical (unpaired) electrons. The zero-order chi connectivity index (χ0) is 13.0. The van der Waals surface area contributed by atoms with Crippen LogP contribution in [0.15, 0.2) is 0 Å². The van der Waals surface area contributed by atoms with Crippen molar-refractivity contribution in [1.82, 2.24) is 5.32 Å². The molecule has 7 nitrogen and oxygen atoms in total. The molecular weight excluding hydrogens is 230 g/mol. The molecule has 0 aliphatic carbocycles. The maximum Gasteiger partial charge on any atom is 0.325 e. The zero-order valence-corrected chi connectivity index (χ0v) is 9.75. The molecule has 0 spiro atoms. The summed E-state index contributed by atoms with van der Waals surface area (Å²) in [5, 5.41) is 21.8. The maximum atomic E-state index is 11.4. The van der Waals surface area contributed by atoms with Crippen LogP contribution >= 0.6 is 0 Å². The predicted molar refractivity (Wildman–Crippen MR) is 56.0 cm³/mol. The third-order valence-corrected chi connectivity index (χ3v) is 2.47. The second kappa shape index (κ2) is 5.95. The number of carbonyl (C=O) groups excluding carboxylic acids is 2. The number of hydrogen-bond acceptors (Lipinski definition) is 7. The van der Waals surface area contributed by atoms with Crippen LogP contribution in [0.25, 0.3) is 0 Å². The highest BCUT2D eigenvalue weighted by atomic mass is 16.5. The van der Waals surface area contributed by atoms with Crippen LogP contribution in [0.4, 0.5) is 0 Å². The standard InChI is InChI=1S/C10H17NO6/c1-3-16-9(14)5-7(12)8(13)6(11-5)10(15)17-4-2/h5-8,11-13H,3-4H2,1-2H3. The molecule has 4 unspecified atom stereocenters. The highest BCUT2D eigenvalue weighted by molar-refractivity contribution is 5.82. The van der Waals surface area contributed by atoms with Crippen LogP contribution in [-0.2, 0) is 19.1 Å².